The topological polar surface area (TPSA) is 83.7 Å². The fraction of sp³-hybridized carbons (Fsp3) is 0.462. The number of para-hydroxylation sites is 1. The molecule has 1 aromatic carbocycles. The molecule has 6 nitrogen and oxygen atoms in total. The van der Waals surface area contributed by atoms with Crippen LogP contribution in [0.5, 0.6) is 0 Å². The van der Waals surface area contributed by atoms with Crippen LogP contribution >= 0.6 is 0 Å². The molecule has 1 aliphatic heterocycles. The number of nitrogens with zero attached hydrogens (tertiary/aromatic N) is 2. The molecule has 0 spiro atoms. The zero-order valence-electron chi connectivity index (χ0n) is 10.7. The summed E-state index contributed by atoms with van der Waals surface area (Å²) in [5, 5.41) is 20.2. The van der Waals surface area contributed by atoms with Gasteiger partial charge in [-0.3, -0.25) is 19.8 Å². The molecule has 2 unspecified atom stereocenters. The Morgan fingerprint density at radius 1 is 1.53 bits per heavy atom. The fourth-order valence-electron chi connectivity index (χ4n) is 2.70. The third kappa shape index (κ3) is 2.58. The van der Waals surface area contributed by atoms with Crippen LogP contribution in [0, 0.1) is 10.1 Å². The molecular weight excluding hydrogens is 248 g/mol. The van der Waals surface area contributed by atoms with Crippen LogP contribution in [-0.2, 0) is 4.79 Å². The van der Waals surface area contributed by atoms with Gasteiger partial charge in [0.15, 0.2) is 0 Å². The van der Waals surface area contributed by atoms with Crippen molar-refractivity contribution in [3.8, 4) is 0 Å². The number of likely N-dealkylation sites (tertiary alicyclic amines) is 1. The first-order valence-corrected chi connectivity index (χ1v) is 6.24. The highest BCUT2D eigenvalue weighted by Crippen LogP contribution is 2.33. The van der Waals surface area contributed by atoms with E-state index in [0.29, 0.717) is 18.5 Å². The van der Waals surface area contributed by atoms with E-state index < -0.39 is 16.9 Å². The second kappa shape index (κ2) is 5.36. The summed E-state index contributed by atoms with van der Waals surface area (Å²) in [4.78, 5) is 23.6. The number of hydrogen-bond donors (Lipinski definition) is 1. The molecule has 1 aliphatic rings. The quantitative estimate of drug-likeness (QED) is 0.665. The standard InChI is InChI=1S/C13H16N2O4/c1-9(14-8-4-7-12(14)13(16)17)10-5-2-3-6-11(10)15(18)19/h2-3,5-6,9,12H,4,7-8H2,1H3,(H,16,17). The van der Waals surface area contributed by atoms with Crippen LogP contribution in [0.4, 0.5) is 5.69 Å². The summed E-state index contributed by atoms with van der Waals surface area (Å²) in [5.41, 5.74) is 0.617. The Morgan fingerprint density at radius 2 is 2.21 bits per heavy atom. The number of nitro groups is 1. The first kappa shape index (κ1) is 13.5. The maximum absolute atomic E-state index is 11.2. The number of carboxylic acids is 1. The lowest BCUT2D eigenvalue weighted by atomic mass is 10.0. The molecule has 2 rings (SSSR count). The Morgan fingerprint density at radius 3 is 2.84 bits per heavy atom. The molecule has 1 N–H and O–H groups in total. The lowest BCUT2D eigenvalue weighted by Crippen LogP contribution is -2.37. The van der Waals surface area contributed by atoms with Gasteiger partial charge in [0.25, 0.3) is 5.69 Å². The predicted octanol–water partition coefficient (Wildman–Crippen LogP) is 2.20. The summed E-state index contributed by atoms with van der Waals surface area (Å²) in [6, 6.07) is 5.69. The smallest absolute Gasteiger partial charge is 0.320 e. The molecule has 0 radical (unpaired) electrons. The van der Waals surface area contributed by atoms with Gasteiger partial charge in [-0.2, -0.15) is 0 Å². The van der Waals surface area contributed by atoms with Gasteiger partial charge in [0.2, 0.25) is 0 Å². The van der Waals surface area contributed by atoms with Crippen molar-refractivity contribution in [3.05, 3.63) is 39.9 Å². The highest BCUT2D eigenvalue weighted by Gasteiger charge is 2.35. The number of carboxylic acid groups (broad SMARTS) is 1. The zero-order valence-corrected chi connectivity index (χ0v) is 10.7. The van der Waals surface area contributed by atoms with E-state index in [2.05, 4.69) is 0 Å². The van der Waals surface area contributed by atoms with Crippen molar-refractivity contribution in [3.63, 3.8) is 0 Å². The number of hydrogen-bond acceptors (Lipinski definition) is 4. The van der Waals surface area contributed by atoms with Gasteiger partial charge < -0.3 is 5.11 Å². The van der Waals surface area contributed by atoms with E-state index in [1.165, 1.54) is 6.07 Å². The second-order valence-electron chi connectivity index (χ2n) is 4.73. The highest BCUT2D eigenvalue weighted by molar-refractivity contribution is 5.74. The zero-order chi connectivity index (χ0) is 14.0. The molecule has 6 heteroatoms. The molecule has 102 valence electrons. The van der Waals surface area contributed by atoms with Crippen molar-refractivity contribution >= 4 is 11.7 Å². The minimum atomic E-state index is -0.858. The number of carbonyl (C=O) groups is 1. The molecule has 0 bridgehead atoms. The maximum Gasteiger partial charge on any atom is 0.320 e. The van der Waals surface area contributed by atoms with E-state index in [0.717, 1.165) is 6.42 Å². The lowest BCUT2D eigenvalue weighted by molar-refractivity contribution is -0.386. The van der Waals surface area contributed by atoms with Gasteiger partial charge in [-0.25, -0.2) is 0 Å². The van der Waals surface area contributed by atoms with Crippen LogP contribution in [0.1, 0.15) is 31.4 Å². The highest BCUT2D eigenvalue weighted by atomic mass is 16.6. The normalized spacial score (nSPS) is 21.2. The van der Waals surface area contributed by atoms with Crippen LogP contribution < -0.4 is 0 Å². The SMILES string of the molecule is CC(c1ccccc1[N+](=O)[O-])N1CCCC1C(=O)O. The second-order valence-corrected chi connectivity index (χ2v) is 4.73. The molecule has 1 fully saturated rings. The average Bonchev–Trinajstić information content (AvgIpc) is 2.87. The first-order chi connectivity index (χ1) is 9.02. The van der Waals surface area contributed by atoms with E-state index >= 15 is 0 Å². The summed E-state index contributed by atoms with van der Waals surface area (Å²) < 4.78 is 0. The van der Waals surface area contributed by atoms with Crippen molar-refractivity contribution in [2.24, 2.45) is 0 Å². The molecule has 0 saturated carbocycles. The van der Waals surface area contributed by atoms with Gasteiger partial charge in [0.1, 0.15) is 6.04 Å². The summed E-state index contributed by atoms with van der Waals surface area (Å²) in [6.45, 7) is 2.48. The van der Waals surface area contributed by atoms with E-state index in [9.17, 15) is 20.0 Å². The first-order valence-electron chi connectivity index (χ1n) is 6.24. The predicted molar refractivity (Wildman–Crippen MR) is 68.9 cm³/mol. The Labute approximate surface area is 110 Å². The molecule has 2 atom stereocenters. The van der Waals surface area contributed by atoms with Crippen molar-refractivity contribution in [2.45, 2.75) is 31.8 Å². The Kier molecular flexibility index (Phi) is 3.80. The summed E-state index contributed by atoms with van der Waals surface area (Å²) in [5.74, 6) is -0.858. The molecule has 0 aromatic heterocycles. The van der Waals surface area contributed by atoms with Crippen molar-refractivity contribution < 1.29 is 14.8 Å². The largest absolute Gasteiger partial charge is 0.480 e. The van der Waals surface area contributed by atoms with Crippen LogP contribution in [-0.4, -0.2) is 33.5 Å². The number of nitro benzene ring substituents is 1. The van der Waals surface area contributed by atoms with Crippen LogP contribution in [0.25, 0.3) is 0 Å². The van der Waals surface area contributed by atoms with Gasteiger partial charge >= 0.3 is 5.97 Å². The minimum Gasteiger partial charge on any atom is -0.480 e. The Hall–Kier alpha value is -1.95. The van der Waals surface area contributed by atoms with E-state index in [1.807, 2.05) is 11.8 Å². The molecule has 1 aromatic rings. The summed E-state index contributed by atoms with van der Waals surface area (Å²) in [7, 11) is 0. The maximum atomic E-state index is 11.2. The van der Waals surface area contributed by atoms with Crippen molar-refractivity contribution in [2.75, 3.05) is 6.54 Å². The van der Waals surface area contributed by atoms with Gasteiger partial charge in [-0.1, -0.05) is 18.2 Å². The molecule has 0 aliphatic carbocycles. The van der Waals surface area contributed by atoms with Crippen LogP contribution in [0.2, 0.25) is 0 Å². The number of rotatable bonds is 4. The van der Waals surface area contributed by atoms with Gasteiger partial charge in [-0.05, 0) is 26.3 Å². The molecule has 1 saturated heterocycles. The Bertz CT molecular complexity index is 503. The minimum absolute atomic E-state index is 0.0473. The third-order valence-corrected chi connectivity index (χ3v) is 3.66. The third-order valence-electron chi connectivity index (χ3n) is 3.66. The molecule has 19 heavy (non-hydrogen) atoms. The van der Waals surface area contributed by atoms with E-state index in [4.69, 9.17) is 0 Å². The summed E-state index contributed by atoms with van der Waals surface area (Å²) in [6.07, 6.45) is 1.41. The number of aliphatic carboxylic acids is 1. The summed E-state index contributed by atoms with van der Waals surface area (Å²) >= 11 is 0. The van der Waals surface area contributed by atoms with Crippen LogP contribution in [0.3, 0.4) is 0 Å². The van der Waals surface area contributed by atoms with Gasteiger partial charge in [0, 0.05) is 17.7 Å². The number of benzene rings is 1. The molecule has 0 amide bonds. The molecular formula is C13H16N2O4. The average molecular weight is 264 g/mol. The lowest BCUT2D eigenvalue weighted by Gasteiger charge is -2.28. The monoisotopic (exact) mass is 264 g/mol. The fourth-order valence-corrected chi connectivity index (χ4v) is 2.70. The Balaban J connectivity index is 2.31. The van der Waals surface area contributed by atoms with Crippen LogP contribution in [0.15, 0.2) is 24.3 Å². The van der Waals surface area contributed by atoms with E-state index in [-0.39, 0.29) is 11.7 Å². The van der Waals surface area contributed by atoms with Gasteiger partial charge in [-0.15, -0.1) is 0 Å². The van der Waals surface area contributed by atoms with Crippen molar-refractivity contribution in [1.82, 2.24) is 4.90 Å². The van der Waals surface area contributed by atoms with Crippen molar-refractivity contribution in [1.29, 1.82) is 0 Å². The van der Waals surface area contributed by atoms with E-state index in [1.54, 1.807) is 18.2 Å². The molecule has 1 heterocycles. The van der Waals surface area contributed by atoms with Gasteiger partial charge in [0.05, 0.1) is 4.92 Å².